The summed E-state index contributed by atoms with van der Waals surface area (Å²) < 4.78 is 39.0. The number of hydrogen-bond donors (Lipinski definition) is 1. The lowest BCUT2D eigenvalue weighted by atomic mass is 10.0. The molecule has 0 spiro atoms. The normalized spacial score (nSPS) is 14.7. The van der Waals surface area contributed by atoms with Crippen LogP contribution in [0.5, 0.6) is 11.5 Å². The molecule has 1 heterocycles. The minimum absolute atomic E-state index is 0.0787. The van der Waals surface area contributed by atoms with Gasteiger partial charge in [0, 0.05) is 19.0 Å². The molecule has 1 aliphatic rings. The number of benzene rings is 2. The Balaban J connectivity index is 1.78. The average molecular weight is 391 g/mol. The summed E-state index contributed by atoms with van der Waals surface area (Å²) in [5, 5.41) is 0. The smallest absolute Gasteiger partial charge is 0.240 e. The van der Waals surface area contributed by atoms with Crippen molar-refractivity contribution < 1.29 is 17.9 Å². The molecule has 1 N–H and O–H groups in total. The quantitative estimate of drug-likeness (QED) is 0.787. The third-order valence-corrected chi connectivity index (χ3v) is 6.29. The molecule has 0 bridgehead atoms. The first-order chi connectivity index (χ1) is 12.8. The van der Waals surface area contributed by atoms with Crippen molar-refractivity contribution in [2.45, 2.75) is 24.3 Å². The van der Waals surface area contributed by atoms with E-state index in [0.29, 0.717) is 12.4 Å². The highest BCUT2D eigenvalue weighted by atomic mass is 32.2. The first-order valence-electron chi connectivity index (χ1n) is 8.88. The molecule has 0 saturated carbocycles. The van der Waals surface area contributed by atoms with Crippen molar-refractivity contribution in [2.24, 2.45) is 0 Å². The Morgan fingerprint density at radius 3 is 2.67 bits per heavy atom. The van der Waals surface area contributed by atoms with Crippen LogP contribution in [0.15, 0.2) is 41.3 Å². The van der Waals surface area contributed by atoms with Gasteiger partial charge < -0.3 is 14.4 Å². The van der Waals surface area contributed by atoms with Gasteiger partial charge in [-0.2, -0.15) is 0 Å². The number of fused-ring (bicyclic) bond motifs is 1. The monoisotopic (exact) mass is 390 g/mol. The molecule has 6 nitrogen and oxygen atoms in total. The highest BCUT2D eigenvalue weighted by molar-refractivity contribution is 7.89. The SMILES string of the molecule is COc1ccc(S(=O)(=O)NCC(c2ccc3c(c2)CCO3)N(C)C)cc1C. The summed E-state index contributed by atoms with van der Waals surface area (Å²) in [7, 11) is 1.84. The van der Waals surface area contributed by atoms with Crippen LogP contribution in [0.25, 0.3) is 0 Å². The average Bonchev–Trinajstić information content (AvgIpc) is 3.09. The van der Waals surface area contributed by atoms with Gasteiger partial charge in [0.15, 0.2) is 0 Å². The van der Waals surface area contributed by atoms with Gasteiger partial charge in [-0.05, 0) is 62.0 Å². The fraction of sp³-hybridized carbons (Fsp3) is 0.400. The van der Waals surface area contributed by atoms with E-state index in [9.17, 15) is 8.42 Å². The van der Waals surface area contributed by atoms with Gasteiger partial charge in [0.25, 0.3) is 0 Å². The molecule has 0 aromatic heterocycles. The van der Waals surface area contributed by atoms with Crippen LogP contribution < -0.4 is 14.2 Å². The summed E-state index contributed by atoms with van der Waals surface area (Å²) in [5.74, 6) is 1.59. The Bertz CT molecular complexity index is 926. The lowest BCUT2D eigenvalue weighted by Crippen LogP contribution is -2.34. The summed E-state index contributed by atoms with van der Waals surface area (Å²) in [4.78, 5) is 2.25. The predicted molar refractivity (Wildman–Crippen MR) is 105 cm³/mol. The third-order valence-electron chi connectivity index (χ3n) is 4.86. The number of likely N-dealkylation sites (N-methyl/N-ethyl adjacent to an activating group) is 1. The molecular weight excluding hydrogens is 364 g/mol. The summed E-state index contributed by atoms with van der Waals surface area (Å²) in [6.07, 6.45) is 0.889. The fourth-order valence-electron chi connectivity index (χ4n) is 3.30. The van der Waals surface area contributed by atoms with Crippen LogP contribution in [0.3, 0.4) is 0 Å². The molecule has 146 valence electrons. The summed E-state index contributed by atoms with van der Waals surface area (Å²) in [5.41, 5.74) is 3.02. The van der Waals surface area contributed by atoms with E-state index >= 15 is 0 Å². The van der Waals surface area contributed by atoms with Gasteiger partial charge in [-0.15, -0.1) is 0 Å². The second-order valence-corrected chi connectivity index (χ2v) is 8.70. The van der Waals surface area contributed by atoms with Crippen LogP contribution in [0, 0.1) is 6.92 Å². The van der Waals surface area contributed by atoms with E-state index in [1.54, 1.807) is 25.3 Å². The van der Waals surface area contributed by atoms with Crippen molar-refractivity contribution in [1.29, 1.82) is 0 Å². The van der Waals surface area contributed by atoms with Crippen LogP contribution in [-0.2, 0) is 16.4 Å². The molecule has 1 unspecified atom stereocenters. The zero-order valence-electron chi connectivity index (χ0n) is 16.2. The fourth-order valence-corrected chi connectivity index (χ4v) is 4.43. The molecule has 0 fully saturated rings. The molecule has 3 rings (SSSR count). The minimum atomic E-state index is -3.61. The zero-order valence-corrected chi connectivity index (χ0v) is 17.0. The zero-order chi connectivity index (χ0) is 19.6. The summed E-state index contributed by atoms with van der Waals surface area (Å²) in [6, 6.07) is 10.9. The number of methoxy groups -OCH3 is 1. The molecule has 7 heteroatoms. The third kappa shape index (κ3) is 4.26. The molecule has 2 aromatic rings. The van der Waals surface area contributed by atoms with Crippen molar-refractivity contribution in [1.82, 2.24) is 9.62 Å². The number of nitrogens with one attached hydrogen (secondary N) is 1. The number of nitrogens with zero attached hydrogens (tertiary/aromatic N) is 1. The maximum atomic E-state index is 12.7. The predicted octanol–water partition coefficient (Wildman–Crippen LogP) is 2.52. The van der Waals surface area contributed by atoms with E-state index < -0.39 is 10.0 Å². The van der Waals surface area contributed by atoms with Crippen molar-refractivity contribution in [3.05, 3.63) is 53.1 Å². The van der Waals surface area contributed by atoms with Crippen LogP contribution in [0.1, 0.15) is 22.7 Å². The molecule has 0 saturated heterocycles. The van der Waals surface area contributed by atoms with Gasteiger partial charge in [0.2, 0.25) is 10.0 Å². The molecule has 2 aromatic carbocycles. The van der Waals surface area contributed by atoms with Gasteiger partial charge in [-0.3, -0.25) is 0 Å². The molecule has 0 aliphatic carbocycles. The number of ether oxygens (including phenoxy) is 2. The molecule has 0 radical (unpaired) electrons. The largest absolute Gasteiger partial charge is 0.496 e. The second-order valence-electron chi connectivity index (χ2n) is 6.93. The Kier molecular flexibility index (Phi) is 5.74. The summed E-state index contributed by atoms with van der Waals surface area (Å²) >= 11 is 0. The Morgan fingerprint density at radius 1 is 1.22 bits per heavy atom. The van der Waals surface area contributed by atoms with E-state index in [1.807, 2.05) is 38.1 Å². The van der Waals surface area contributed by atoms with Crippen LogP contribution in [0.4, 0.5) is 0 Å². The van der Waals surface area contributed by atoms with Gasteiger partial charge in [-0.25, -0.2) is 13.1 Å². The van der Waals surface area contributed by atoms with Crippen molar-refractivity contribution in [2.75, 3.05) is 34.4 Å². The minimum Gasteiger partial charge on any atom is -0.496 e. The van der Waals surface area contributed by atoms with Crippen molar-refractivity contribution in [3.8, 4) is 11.5 Å². The van der Waals surface area contributed by atoms with Gasteiger partial charge in [0.1, 0.15) is 11.5 Å². The van der Waals surface area contributed by atoms with E-state index in [-0.39, 0.29) is 17.5 Å². The highest BCUT2D eigenvalue weighted by Gasteiger charge is 2.22. The number of rotatable bonds is 7. The van der Waals surface area contributed by atoms with Crippen molar-refractivity contribution >= 4 is 10.0 Å². The second kappa shape index (κ2) is 7.88. The topological polar surface area (TPSA) is 67.9 Å². The number of hydrogen-bond acceptors (Lipinski definition) is 5. The maximum Gasteiger partial charge on any atom is 0.240 e. The molecule has 1 atom stereocenters. The Morgan fingerprint density at radius 2 is 2.00 bits per heavy atom. The van der Waals surface area contributed by atoms with Crippen LogP contribution in [0.2, 0.25) is 0 Å². The number of aryl methyl sites for hydroxylation is 1. The van der Waals surface area contributed by atoms with E-state index in [0.717, 1.165) is 23.3 Å². The first kappa shape index (κ1) is 19.7. The van der Waals surface area contributed by atoms with E-state index in [2.05, 4.69) is 10.8 Å². The van der Waals surface area contributed by atoms with Gasteiger partial charge >= 0.3 is 0 Å². The van der Waals surface area contributed by atoms with Gasteiger partial charge in [-0.1, -0.05) is 12.1 Å². The molecule has 27 heavy (non-hydrogen) atoms. The standard InChI is InChI=1S/C20H26N2O4S/c1-14-11-17(6-8-19(14)25-4)27(23,24)21-13-18(22(2)3)15-5-7-20-16(12-15)9-10-26-20/h5-8,11-12,18,21H,9-10,13H2,1-4H3. The van der Waals surface area contributed by atoms with Gasteiger partial charge in [0.05, 0.1) is 18.6 Å². The molecule has 1 aliphatic heterocycles. The first-order valence-corrected chi connectivity index (χ1v) is 10.4. The maximum absolute atomic E-state index is 12.7. The lowest BCUT2D eigenvalue weighted by Gasteiger charge is -2.25. The highest BCUT2D eigenvalue weighted by Crippen LogP contribution is 2.29. The molecular formula is C20H26N2O4S. The van der Waals surface area contributed by atoms with Crippen molar-refractivity contribution in [3.63, 3.8) is 0 Å². The van der Waals surface area contributed by atoms with Crippen LogP contribution >= 0.6 is 0 Å². The summed E-state index contributed by atoms with van der Waals surface area (Å²) in [6.45, 7) is 2.81. The Hall–Kier alpha value is -2.09. The van der Waals surface area contributed by atoms with E-state index in [4.69, 9.17) is 9.47 Å². The Labute approximate surface area is 161 Å². The lowest BCUT2D eigenvalue weighted by molar-refractivity contribution is 0.299. The van der Waals surface area contributed by atoms with Crippen LogP contribution in [-0.4, -0.2) is 47.7 Å². The van der Waals surface area contributed by atoms with E-state index in [1.165, 1.54) is 5.56 Å². The molecule has 0 amide bonds. The number of sulfonamides is 1.